The predicted octanol–water partition coefficient (Wildman–Crippen LogP) is 0.454. The Labute approximate surface area is 102 Å². The number of hydrogen-bond acceptors (Lipinski definition) is 4. The molecule has 5 nitrogen and oxygen atoms in total. The molecule has 2 heterocycles. The Morgan fingerprint density at radius 2 is 2.24 bits per heavy atom. The summed E-state index contributed by atoms with van der Waals surface area (Å²) in [7, 11) is -3.44. The van der Waals surface area contributed by atoms with Crippen LogP contribution in [0, 0.1) is 0 Å². The van der Waals surface area contributed by atoms with Gasteiger partial charge in [0.2, 0.25) is 10.0 Å². The zero-order valence-corrected chi connectivity index (χ0v) is 10.9. The minimum absolute atomic E-state index is 0.259. The number of piperazine rings is 1. The zero-order valence-electron chi connectivity index (χ0n) is 10.0. The Kier molecular flexibility index (Phi) is 3.20. The quantitative estimate of drug-likeness (QED) is 0.833. The van der Waals surface area contributed by atoms with Crippen molar-refractivity contribution in [2.75, 3.05) is 19.6 Å². The molecule has 0 spiro atoms. The van der Waals surface area contributed by atoms with E-state index in [9.17, 15) is 8.42 Å². The number of nitrogens with zero attached hydrogens (tertiary/aromatic N) is 2. The van der Waals surface area contributed by atoms with Crippen molar-refractivity contribution in [3.63, 3.8) is 0 Å². The fourth-order valence-corrected chi connectivity index (χ4v) is 3.78. The van der Waals surface area contributed by atoms with Crippen LogP contribution in [0.3, 0.4) is 0 Å². The summed E-state index contributed by atoms with van der Waals surface area (Å²) in [5.74, 6) is 0. The normalized spacial score (nSPS) is 21.3. The van der Waals surface area contributed by atoms with Gasteiger partial charge in [-0.25, -0.2) is 8.42 Å². The van der Waals surface area contributed by atoms with Crippen molar-refractivity contribution >= 4 is 10.0 Å². The molecular formula is C11H17N3O2S. The van der Waals surface area contributed by atoms with Crippen molar-refractivity contribution in [3.8, 4) is 0 Å². The maximum Gasteiger partial charge on any atom is 0.245 e. The lowest BCUT2D eigenvalue weighted by Gasteiger charge is -2.41. The van der Waals surface area contributed by atoms with E-state index in [0.717, 1.165) is 0 Å². The molecule has 1 aliphatic rings. The maximum atomic E-state index is 12.5. The fraction of sp³-hybridized carbons (Fsp3) is 0.545. The van der Waals surface area contributed by atoms with Crippen molar-refractivity contribution in [2.45, 2.75) is 24.3 Å². The lowest BCUT2D eigenvalue weighted by atomic mass is 10.0. The second-order valence-electron chi connectivity index (χ2n) is 4.76. The summed E-state index contributed by atoms with van der Waals surface area (Å²) >= 11 is 0. The highest BCUT2D eigenvalue weighted by atomic mass is 32.2. The van der Waals surface area contributed by atoms with Crippen LogP contribution in [0.2, 0.25) is 0 Å². The van der Waals surface area contributed by atoms with Gasteiger partial charge in [-0.15, -0.1) is 0 Å². The first-order chi connectivity index (χ1) is 7.94. The van der Waals surface area contributed by atoms with E-state index in [2.05, 4.69) is 10.3 Å². The number of rotatable bonds is 2. The Hall–Kier alpha value is -0.980. The Morgan fingerprint density at radius 1 is 1.47 bits per heavy atom. The van der Waals surface area contributed by atoms with Gasteiger partial charge in [0.25, 0.3) is 0 Å². The standard InChI is InChI=1S/C11H17N3O2S/c1-11(2)9-13-6-7-14(11)17(15,16)10-4-3-5-12-8-10/h3-5,8,13H,6-7,9H2,1-2H3. The van der Waals surface area contributed by atoms with Gasteiger partial charge in [0, 0.05) is 37.6 Å². The summed E-state index contributed by atoms with van der Waals surface area (Å²) < 4.78 is 26.5. The monoisotopic (exact) mass is 255 g/mol. The molecule has 1 saturated heterocycles. The molecule has 0 amide bonds. The smallest absolute Gasteiger partial charge is 0.245 e. The third-order valence-corrected chi connectivity index (χ3v) is 5.04. The van der Waals surface area contributed by atoms with Gasteiger partial charge in [0.1, 0.15) is 4.90 Å². The molecule has 94 valence electrons. The molecule has 1 aliphatic heterocycles. The van der Waals surface area contributed by atoms with Crippen LogP contribution in [0.1, 0.15) is 13.8 Å². The van der Waals surface area contributed by atoms with Crippen LogP contribution in [0.25, 0.3) is 0 Å². The van der Waals surface area contributed by atoms with Crippen LogP contribution in [0.4, 0.5) is 0 Å². The molecule has 1 aromatic heterocycles. The molecule has 0 aliphatic carbocycles. The summed E-state index contributed by atoms with van der Waals surface area (Å²) in [4.78, 5) is 4.13. The van der Waals surface area contributed by atoms with E-state index in [1.165, 1.54) is 6.20 Å². The van der Waals surface area contributed by atoms with Gasteiger partial charge in [-0.1, -0.05) is 0 Å². The van der Waals surface area contributed by atoms with Crippen LogP contribution in [-0.4, -0.2) is 42.9 Å². The molecule has 1 fully saturated rings. The first-order valence-electron chi connectivity index (χ1n) is 5.58. The average molecular weight is 255 g/mol. The molecule has 1 N–H and O–H groups in total. The van der Waals surface area contributed by atoms with Crippen LogP contribution in [0.15, 0.2) is 29.4 Å². The summed E-state index contributed by atoms with van der Waals surface area (Å²) in [6.07, 6.45) is 2.97. The first kappa shape index (κ1) is 12.5. The lowest BCUT2D eigenvalue weighted by Crippen LogP contribution is -2.59. The van der Waals surface area contributed by atoms with E-state index in [4.69, 9.17) is 0 Å². The van der Waals surface area contributed by atoms with Gasteiger partial charge in [0.15, 0.2) is 0 Å². The van der Waals surface area contributed by atoms with E-state index in [1.54, 1.807) is 22.6 Å². The van der Waals surface area contributed by atoms with Crippen LogP contribution < -0.4 is 5.32 Å². The van der Waals surface area contributed by atoms with Gasteiger partial charge >= 0.3 is 0 Å². The molecule has 0 aromatic carbocycles. The molecule has 1 aromatic rings. The third-order valence-electron chi connectivity index (χ3n) is 2.95. The summed E-state index contributed by atoms with van der Waals surface area (Å²) in [5, 5.41) is 3.21. The van der Waals surface area contributed by atoms with E-state index in [0.29, 0.717) is 19.6 Å². The van der Waals surface area contributed by atoms with Gasteiger partial charge in [-0.3, -0.25) is 4.98 Å². The van der Waals surface area contributed by atoms with Crippen molar-refractivity contribution in [3.05, 3.63) is 24.5 Å². The van der Waals surface area contributed by atoms with Gasteiger partial charge < -0.3 is 5.32 Å². The predicted molar refractivity (Wildman–Crippen MR) is 65.1 cm³/mol. The van der Waals surface area contributed by atoms with Gasteiger partial charge in [-0.2, -0.15) is 4.31 Å². The third kappa shape index (κ3) is 2.34. The number of pyridine rings is 1. The number of aromatic nitrogens is 1. The molecule has 0 bridgehead atoms. The van der Waals surface area contributed by atoms with E-state index >= 15 is 0 Å². The number of nitrogens with one attached hydrogen (secondary N) is 1. The minimum atomic E-state index is -3.44. The van der Waals surface area contributed by atoms with Gasteiger partial charge in [0.05, 0.1) is 0 Å². The molecule has 17 heavy (non-hydrogen) atoms. The largest absolute Gasteiger partial charge is 0.314 e. The molecule has 0 radical (unpaired) electrons. The summed E-state index contributed by atoms with van der Waals surface area (Å²) in [6.45, 7) is 5.68. The molecule has 0 saturated carbocycles. The number of sulfonamides is 1. The molecule has 0 atom stereocenters. The van der Waals surface area contributed by atoms with Crippen LogP contribution >= 0.6 is 0 Å². The maximum absolute atomic E-state index is 12.5. The molecule has 0 unspecified atom stereocenters. The van der Waals surface area contributed by atoms with Crippen molar-refractivity contribution in [1.82, 2.24) is 14.6 Å². The van der Waals surface area contributed by atoms with E-state index < -0.39 is 15.6 Å². The zero-order chi connectivity index (χ0) is 12.5. The molecule has 2 rings (SSSR count). The van der Waals surface area contributed by atoms with E-state index in [1.807, 2.05) is 13.8 Å². The first-order valence-corrected chi connectivity index (χ1v) is 7.02. The topological polar surface area (TPSA) is 62.3 Å². The van der Waals surface area contributed by atoms with Crippen molar-refractivity contribution in [2.24, 2.45) is 0 Å². The Bertz CT molecular complexity index is 485. The lowest BCUT2D eigenvalue weighted by molar-refractivity contribution is 0.186. The van der Waals surface area contributed by atoms with Gasteiger partial charge in [-0.05, 0) is 26.0 Å². The van der Waals surface area contributed by atoms with Crippen molar-refractivity contribution < 1.29 is 8.42 Å². The van der Waals surface area contributed by atoms with Crippen molar-refractivity contribution in [1.29, 1.82) is 0 Å². The Balaban J connectivity index is 2.39. The molecular weight excluding hydrogens is 238 g/mol. The fourth-order valence-electron chi connectivity index (χ4n) is 2.04. The van der Waals surface area contributed by atoms with E-state index in [-0.39, 0.29) is 4.90 Å². The second-order valence-corrected chi connectivity index (χ2v) is 6.62. The second kappa shape index (κ2) is 4.36. The van der Waals surface area contributed by atoms with Crippen LogP contribution in [-0.2, 0) is 10.0 Å². The highest BCUT2D eigenvalue weighted by molar-refractivity contribution is 7.89. The highest BCUT2D eigenvalue weighted by Gasteiger charge is 2.38. The highest BCUT2D eigenvalue weighted by Crippen LogP contribution is 2.25. The Morgan fingerprint density at radius 3 is 2.82 bits per heavy atom. The summed E-state index contributed by atoms with van der Waals surface area (Å²) in [5.41, 5.74) is -0.410. The van der Waals surface area contributed by atoms with Crippen LogP contribution in [0.5, 0.6) is 0 Å². The SMILES string of the molecule is CC1(C)CNCCN1S(=O)(=O)c1cccnc1. The minimum Gasteiger partial charge on any atom is -0.314 e. The molecule has 6 heteroatoms. The number of hydrogen-bond donors (Lipinski definition) is 1. The average Bonchev–Trinajstić information content (AvgIpc) is 2.29. The summed E-state index contributed by atoms with van der Waals surface area (Å²) in [6, 6.07) is 3.22.